The van der Waals surface area contributed by atoms with Crippen LogP contribution < -0.4 is 10.7 Å². The Morgan fingerprint density at radius 1 is 1.17 bits per heavy atom. The van der Waals surface area contributed by atoms with Gasteiger partial charge in [-0.05, 0) is 45.6 Å². The smallest absolute Gasteiger partial charge is 0.303 e. The predicted molar refractivity (Wildman–Crippen MR) is 152 cm³/mol. The van der Waals surface area contributed by atoms with E-state index in [2.05, 4.69) is 23.7 Å². The van der Waals surface area contributed by atoms with Crippen molar-refractivity contribution in [1.82, 2.24) is 15.8 Å². The van der Waals surface area contributed by atoms with E-state index in [0.717, 1.165) is 12.0 Å². The fraction of sp³-hybridized carbons (Fsp3) is 0.700. The number of hydrogen-bond donors (Lipinski definition) is 3. The van der Waals surface area contributed by atoms with Crippen LogP contribution in [0.5, 0.6) is 0 Å². The van der Waals surface area contributed by atoms with Crippen LogP contribution in [0.1, 0.15) is 60.3 Å². The van der Waals surface area contributed by atoms with E-state index in [1.165, 1.54) is 13.0 Å². The van der Waals surface area contributed by atoms with Gasteiger partial charge in [-0.25, -0.2) is 5.01 Å². The van der Waals surface area contributed by atoms with E-state index in [4.69, 9.17) is 18.9 Å². The number of aliphatic hydroxyl groups excluding tert-OH is 1. The summed E-state index contributed by atoms with van der Waals surface area (Å²) in [7, 11) is 3.50. The molecule has 0 saturated carbocycles. The fourth-order valence-corrected chi connectivity index (χ4v) is 5.39. The van der Waals surface area contributed by atoms with Crippen molar-refractivity contribution in [3.05, 3.63) is 36.0 Å². The summed E-state index contributed by atoms with van der Waals surface area (Å²) in [5, 5.41) is 15.4. The van der Waals surface area contributed by atoms with E-state index < -0.39 is 29.9 Å². The highest BCUT2D eigenvalue weighted by molar-refractivity contribution is 5.87. The van der Waals surface area contributed by atoms with Crippen LogP contribution in [-0.2, 0) is 33.3 Å². The Bertz CT molecular complexity index is 1020. The Morgan fingerprint density at radius 3 is 2.51 bits per heavy atom. The predicted octanol–water partition coefficient (Wildman–Crippen LogP) is 1.96. The minimum absolute atomic E-state index is 0.000256. The molecule has 2 amide bonds. The molecule has 3 aliphatic rings. The summed E-state index contributed by atoms with van der Waals surface area (Å²) < 4.78 is 23.0. The highest BCUT2D eigenvalue weighted by atomic mass is 16.6. The molecule has 41 heavy (non-hydrogen) atoms. The summed E-state index contributed by atoms with van der Waals surface area (Å²) in [6.45, 7) is 9.54. The average molecular weight is 578 g/mol. The summed E-state index contributed by atoms with van der Waals surface area (Å²) >= 11 is 0. The third-order valence-corrected chi connectivity index (χ3v) is 7.69. The summed E-state index contributed by atoms with van der Waals surface area (Å²) in [5.74, 6) is -0.568. The second kappa shape index (κ2) is 14.6. The second-order valence-corrected chi connectivity index (χ2v) is 11.8. The van der Waals surface area contributed by atoms with Crippen LogP contribution in [-0.4, -0.2) is 96.9 Å². The molecule has 1 spiro atoms. The van der Waals surface area contributed by atoms with Crippen molar-refractivity contribution in [3.63, 3.8) is 0 Å². The number of ether oxygens (including phenoxy) is 4. The molecule has 0 radical (unpaired) electrons. The topological polar surface area (TPSA) is 139 Å². The standard InChI is InChI=1S/C30H47N3O8/c1-18(9-12-26-29(37)30(17-38-30)16-23(41-26)15-28(36)32-33(6)7)8-11-25-19(2)14-24(21(4)40-25)31-27(35)13-10-20(3)39-22(5)34/h8-10,12-13,19-21,23-26,29,37H,11,14-17H2,1-7H3,(H,31,35)(H,32,36)/t19-,20-,21+,23+,24+,25-,26+,29+,30+/m0/s1. The monoisotopic (exact) mass is 577 g/mol. The lowest BCUT2D eigenvalue weighted by Crippen LogP contribution is -2.51. The van der Waals surface area contributed by atoms with Gasteiger partial charge in [0.25, 0.3) is 0 Å². The van der Waals surface area contributed by atoms with Crippen molar-refractivity contribution in [3.8, 4) is 0 Å². The van der Waals surface area contributed by atoms with Gasteiger partial charge in [0, 0.05) is 33.5 Å². The maximum Gasteiger partial charge on any atom is 0.303 e. The molecule has 0 aromatic carbocycles. The van der Waals surface area contributed by atoms with Gasteiger partial charge in [0.05, 0.1) is 37.4 Å². The Labute approximate surface area is 243 Å². The van der Waals surface area contributed by atoms with Gasteiger partial charge in [0.1, 0.15) is 23.9 Å². The number of nitrogens with zero attached hydrogens (tertiary/aromatic N) is 1. The van der Waals surface area contributed by atoms with Gasteiger partial charge in [-0.2, -0.15) is 0 Å². The second-order valence-electron chi connectivity index (χ2n) is 11.8. The number of allylic oxidation sites excluding steroid dienone is 2. The molecule has 3 saturated heterocycles. The van der Waals surface area contributed by atoms with Gasteiger partial charge in [-0.1, -0.05) is 30.7 Å². The number of epoxide rings is 1. The van der Waals surface area contributed by atoms with Crippen molar-refractivity contribution in [2.75, 3.05) is 20.7 Å². The Morgan fingerprint density at radius 2 is 1.88 bits per heavy atom. The van der Waals surface area contributed by atoms with E-state index in [1.807, 2.05) is 26.0 Å². The van der Waals surface area contributed by atoms with E-state index in [0.29, 0.717) is 19.4 Å². The molecule has 9 atom stereocenters. The molecule has 230 valence electrons. The van der Waals surface area contributed by atoms with E-state index in [1.54, 1.807) is 32.1 Å². The van der Waals surface area contributed by atoms with Crippen LogP contribution in [0, 0.1) is 5.92 Å². The largest absolute Gasteiger partial charge is 0.459 e. The molecule has 0 bridgehead atoms. The van der Waals surface area contributed by atoms with Gasteiger partial charge in [0.2, 0.25) is 11.8 Å². The van der Waals surface area contributed by atoms with Gasteiger partial charge in [0.15, 0.2) is 0 Å². The molecule has 11 heteroatoms. The van der Waals surface area contributed by atoms with Crippen molar-refractivity contribution in [2.45, 2.75) is 109 Å². The summed E-state index contributed by atoms with van der Waals surface area (Å²) in [5.41, 5.74) is 3.09. The molecule has 0 unspecified atom stereocenters. The summed E-state index contributed by atoms with van der Waals surface area (Å²) in [6.07, 6.45) is 8.60. The molecule has 11 nitrogen and oxygen atoms in total. The molecule has 3 N–H and O–H groups in total. The zero-order chi connectivity index (χ0) is 30.3. The third-order valence-electron chi connectivity index (χ3n) is 7.69. The highest BCUT2D eigenvalue weighted by Crippen LogP contribution is 2.43. The fourth-order valence-electron chi connectivity index (χ4n) is 5.39. The number of rotatable bonds is 11. The lowest BCUT2D eigenvalue weighted by Gasteiger charge is -2.39. The van der Waals surface area contributed by atoms with Crippen molar-refractivity contribution < 1.29 is 38.4 Å². The lowest BCUT2D eigenvalue weighted by atomic mass is 9.87. The van der Waals surface area contributed by atoms with Crippen LogP contribution >= 0.6 is 0 Å². The highest BCUT2D eigenvalue weighted by Gasteiger charge is 2.58. The molecule has 3 heterocycles. The first-order valence-electron chi connectivity index (χ1n) is 14.4. The van der Waals surface area contributed by atoms with E-state index in [9.17, 15) is 19.5 Å². The number of hydrogen-bond acceptors (Lipinski definition) is 9. The van der Waals surface area contributed by atoms with Gasteiger partial charge < -0.3 is 29.4 Å². The lowest BCUT2D eigenvalue weighted by molar-refractivity contribution is -0.147. The van der Waals surface area contributed by atoms with Crippen LogP contribution in [0.15, 0.2) is 36.0 Å². The first kappa shape index (κ1) is 32.9. The molecular weight excluding hydrogens is 530 g/mol. The maximum absolute atomic E-state index is 12.4. The molecule has 3 fully saturated rings. The molecule has 3 rings (SSSR count). The summed E-state index contributed by atoms with van der Waals surface area (Å²) in [6, 6.07) is -0.123. The normalized spacial score (nSPS) is 34.7. The van der Waals surface area contributed by atoms with Gasteiger partial charge >= 0.3 is 5.97 Å². The minimum Gasteiger partial charge on any atom is -0.459 e. The zero-order valence-electron chi connectivity index (χ0n) is 25.3. The zero-order valence-corrected chi connectivity index (χ0v) is 25.3. The number of nitrogens with one attached hydrogen (secondary N) is 2. The number of aliphatic hydroxyl groups is 1. The first-order valence-corrected chi connectivity index (χ1v) is 14.4. The minimum atomic E-state index is -0.797. The van der Waals surface area contributed by atoms with Gasteiger partial charge in [-0.15, -0.1) is 0 Å². The molecule has 0 aromatic heterocycles. The maximum atomic E-state index is 12.4. The van der Waals surface area contributed by atoms with Crippen LogP contribution in [0.2, 0.25) is 0 Å². The number of carbonyl (C=O) groups is 3. The van der Waals surface area contributed by atoms with Crippen molar-refractivity contribution >= 4 is 17.8 Å². The number of amides is 2. The van der Waals surface area contributed by atoms with E-state index >= 15 is 0 Å². The molecule has 0 aliphatic carbocycles. The average Bonchev–Trinajstić information content (AvgIpc) is 3.64. The third kappa shape index (κ3) is 10.0. The number of esters is 1. The Hall–Kier alpha value is -2.57. The van der Waals surface area contributed by atoms with Crippen LogP contribution in [0.3, 0.4) is 0 Å². The molecule has 3 aliphatic heterocycles. The van der Waals surface area contributed by atoms with Crippen molar-refractivity contribution in [1.29, 1.82) is 0 Å². The van der Waals surface area contributed by atoms with E-state index in [-0.39, 0.29) is 48.5 Å². The SMILES string of the molecule is CC(=O)O[C@@H](C)C=CC(=O)N[C@@H]1C[C@H](C)[C@H](CC=C(C)C=C[C@H]2O[C@H](CC(=O)NN(C)C)C[C@@]3(CO3)[C@@H]2O)O[C@@H]1C. The van der Waals surface area contributed by atoms with Crippen LogP contribution in [0.25, 0.3) is 0 Å². The van der Waals surface area contributed by atoms with Crippen molar-refractivity contribution in [2.24, 2.45) is 5.92 Å². The Balaban J connectivity index is 1.50. The molecule has 0 aromatic rings. The number of carbonyl (C=O) groups excluding carboxylic acids is 3. The number of hydrazine groups is 1. The van der Waals surface area contributed by atoms with Crippen LogP contribution in [0.4, 0.5) is 0 Å². The Kier molecular flexibility index (Phi) is 11.7. The summed E-state index contributed by atoms with van der Waals surface area (Å²) in [4.78, 5) is 35.6. The first-order chi connectivity index (χ1) is 19.3. The molecular formula is C30H47N3O8. The van der Waals surface area contributed by atoms with Gasteiger partial charge in [-0.3, -0.25) is 19.8 Å². The quantitative estimate of drug-likeness (QED) is 0.111.